The predicted molar refractivity (Wildman–Crippen MR) is 58.5 cm³/mol. The number of hydrogen-bond donors (Lipinski definition) is 0. The Kier molecular flexibility index (Phi) is 3.13. The van der Waals surface area contributed by atoms with Crippen LogP contribution >= 0.6 is 0 Å². The molecule has 0 unspecified atom stereocenters. The highest BCUT2D eigenvalue weighted by molar-refractivity contribution is 4.90. The van der Waals surface area contributed by atoms with Crippen LogP contribution < -0.4 is 0 Å². The Morgan fingerprint density at radius 3 is 2.29 bits per heavy atom. The van der Waals surface area contributed by atoms with Gasteiger partial charge in [0.2, 0.25) is 0 Å². The minimum atomic E-state index is 0.209. The van der Waals surface area contributed by atoms with Crippen LogP contribution in [0, 0.1) is 0 Å². The number of ether oxygens (including phenoxy) is 1. The van der Waals surface area contributed by atoms with Crippen LogP contribution in [-0.4, -0.2) is 36.7 Å². The van der Waals surface area contributed by atoms with Gasteiger partial charge in [-0.25, -0.2) is 0 Å². The molecule has 0 aromatic carbocycles. The van der Waals surface area contributed by atoms with Gasteiger partial charge in [0.1, 0.15) is 0 Å². The van der Waals surface area contributed by atoms with Gasteiger partial charge in [-0.1, -0.05) is 13.3 Å². The lowest BCUT2D eigenvalue weighted by Gasteiger charge is -2.46. The van der Waals surface area contributed by atoms with Crippen LogP contribution in [-0.2, 0) is 4.74 Å². The van der Waals surface area contributed by atoms with Crippen molar-refractivity contribution in [1.29, 1.82) is 0 Å². The molecule has 1 aliphatic carbocycles. The molecule has 2 heteroatoms. The van der Waals surface area contributed by atoms with E-state index in [9.17, 15) is 0 Å². The number of hydrogen-bond acceptors (Lipinski definition) is 2. The minimum Gasteiger partial charge on any atom is -0.378 e. The molecule has 2 aliphatic rings. The number of nitrogens with zero attached hydrogens (tertiary/aromatic N) is 1. The van der Waals surface area contributed by atoms with Gasteiger partial charge in [0.15, 0.2) is 0 Å². The highest BCUT2D eigenvalue weighted by atomic mass is 16.5. The van der Waals surface area contributed by atoms with E-state index in [0.717, 1.165) is 6.04 Å². The fourth-order valence-electron chi connectivity index (χ4n) is 2.75. The zero-order valence-corrected chi connectivity index (χ0v) is 9.59. The van der Waals surface area contributed by atoms with E-state index in [4.69, 9.17) is 4.74 Å². The van der Waals surface area contributed by atoms with E-state index in [2.05, 4.69) is 11.8 Å². The van der Waals surface area contributed by atoms with Gasteiger partial charge < -0.3 is 9.64 Å². The molecule has 0 aromatic heterocycles. The Bertz CT molecular complexity index is 175. The monoisotopic (exact) mass is 197 g/mol. The van der Waals surface area contributed by atoms with Crippen molar-refractivity contribution in [2.24, 2.45) is 0 Å². The number of piperidine rings is 1. The van der Waals surface area contributed by atoms with Crippen LogP contribution in [0.25, 0.3) is 0 Å². The van der Waals surface area contributed by atoms with Crippen molar-refractivity contribution in [2.75, 3.05) is 20.2 Å². The molecule has 1 saturated heterocycles. The van der Waals surface area contributed by atoms with Gasteiger partial charge in [0, 0.05) is 26.2 Å². The Morgan fingerprint density at radius 2 is 1.93 bits per heavy atom. The third kappa shape index (κ3) is 1.82. The second kappa shape index (κ2) is 4.19. The van der Waals surface area contributed by atoms with E-state index in [-0.39, 0.29) is 5.60 Å². The van der Waals surface area contributed by atoms with Gasteiger partial charge in [0.25, 0.3) is 0 Å². The summed E-state index contributed by atoms with van der Waals surface area (Å²) in [5, 5.41) is 0. The molecule has 0 radical (unpaired) electrons. The summed E-state index contributed by atoms with van der Waals surface area (Å²) in [7, 11) is 1.88. The lowest BCUT2D eigenvalue weighted by molar-refractivity contribution is -0.0715. The van der Waals surface area contributed by atoms with E-state index >= 15 is 0 Å². The standard InChI is InChI=1S/C12H23NO/c1-3-12(14-2)7-9-13(10-8-12)11-5-4-6-11/h11H,3-10H2,1-2H3. The Hall–Kier alpha value is -0.0800. The highest BCUT2D eigenvalue weighted by Crippen LogP contribution is 2.33. The van der Waals surface area contributed by atoms with Crippen LogP contribution in [0.2, 0.25) is 0 Å². The summed E-state index contributed by atoms with van der Waals surface area (Å²) >= 11 is 0. The molecular weight excluding hydrogens is 174 g/mol. The largest absolute Gasteiger partial charge is 0.378 e. The summed E-state index contributed by atoms with van der Waals surface area (Å²) < 4.78 is 5.68. The smallest absolute Gasteiger partial charge is 0.0700 e. The summed E-state index contributed by atoms with van der Waals surface area (Å²) in [6, 6.07) is 0.918. The van der Waals surface area contributed by atoms with Gasteiger partial charge in [-0.15, -0.1) is 0 Å². The van der Waals surface area contributed by atoms with Crippen molar-refractivity contribution >= 4 is 0 Å². The SMILES string of the molecule is CCC1(OC)CCN(C2CCC2)CC1. The molecule has 0 atom stereocenters. The fourth-order valence-corrected chi connectivity index (χ4v) is 2.75. The van der Waals surface area contributed by atoms with Crippen molar-refractivity contribution in [2.45, 2.75) is 57.1 Å². The topological polar surface area (TPSA) is 12.5 Å². The highest BCUT2D eigenvalue weighted by Gasteiger charge is 2.36. The summed E-state index contributed by atoms with van der Waals surface area (Å²) in [5.41, 5.74) is 0.209. The average Bonchev–Trinajstić information content (AvgIpc) is 2.17. The molecule has 1 heterocycles. The van der Waals surface area contributed by atoms with Gasteiger partial charge in [0.05, 0.1) is 5.60 Å². The molecule has 0 spiro atoms. The maximum Gasteiger partial charge on any atom is 0.0700 e. The summed E-state index contributed by atoms with van der Waals surface area (Å²) in [5.74, 6) is 0. The lowest BCUT2D eigenvalue weighted by Crippen LogP contribution is -2.50. The zero-order chi connectivity index (χ0) is 10.0. The lowest BCUT2D eigenvalue weighted by atomic mass is 9.84. The molecule has 0 N–H and O–H groups in total. The first kappa shape index (κ1) is 10.4. The van der Waals surface area contributed by atoms with Gasteiger partial charge in [-0.3, -0.25) is 0 Å². The molecule has 2 fully saturated rings. The average molecular weight is 197 g/mol. The number of methoxy groups -OCH3 is 1. The maximum absolute atomic E-state index is 5.68. The van der Waals surface area contributed by atoms with Crippen molar-refractivity contribution in [3.63, 3.8) is 0 Å². The second-order valence-corrected chi connectivity index (χ2v) is 4.86. The molecule has 0 amide bonds. The normalized spacial score (nSPS) is 28.7. The molecule has 82 valence electrons. The first-order valence-electron chi connectivity index (χ1n) is 6.09. The zero-order valence-electron chi connectivity index (χ0n) is 9.59. The molecule has 14 heavy (non-hydrogen) atoms. The second-order valence-electron chi connectivity index (χ2n) is 4.86. The quantitative estimate of drug-likeness (QED) is 0.689. The first-order chi connectivity index (χ1) is 6.79. The Labute approximate surface area is 87.6 Å². The van der Waals surface area contributed by atoms with E-state index in [0.29, 0.717) is 0 Å². The molecular formula is C12H23NO. The fraction of sp³-hybridized carbons (Fsp3) is 1.00. The summed E-state index contributed by atoms with van der Waals surface area (Å²) in [6.45, 7) is 4.77. The van der Waals surface area contributed by atoms with Crippen LogP contribution in [0.1, 0.15) is 45.4 Å². The van der Waals surface area contributed by atoms with E-state index < -0.39 is 0 Å². The number of rotatable bonds is 3. The third-order valence-electron chi connectivity index (χ3n) is 4.38. The molecule has 1 saturated carbocycles. The first-order valence-corrected chi connectivity index (χ1v) is 6.09. The van der Waals surface area contributed by atoms with Crippen molar-refractivity contribution in [3.8, 4) is 0 Å². The van der Waals surface area contributed by atoms with Crippen molar-refractivity contribution in [3.05, 3.63) is 0 Å². The van der Waals surface area contributed by atoms with E-state index in [1.807, 2.05) is 7.11 Å². The van der Waals surface area contributed by atoms with Crippen LogP contribution in [0.3, 0.4) is 0 Å². The van der Waals surface area contributed by atoms with Crippen LogP contribution in [0.5, 0.6) is 0 Å². The van der Waals surface area contributed by atoms with Gasteiger partial charge in [-0.2, -0.15) is 0 Å². The minimum absolute atomic E-state index is 0.209. The van der Waals surface area contributed by atoms with Gasteiger partial charge >= 0.3 is 0 Å². The van der Waals surface area contributed by atoms with Crippen LogP contribution in [0.15, 0.2) is 0 Å². The molecule has 0 aromatic rings. The Balaban J connectivity index is 1.84. The van der Waals surface area contributed by atoms with Gasteiger partial charge in [-0.05, 0) is 32.1 Å². The summed E-state index contributed by atoms with van der Waals surface area (Å²) in [4.78, 5) is 2.68. The molecule has 1 aliphatic heterocycles. The van der Waals surface area contributed by atoms with E-state index in [1.165, 1.54) is 51.6 Å². The van der Waals surface area contributed by atoms with Crippen LogP contribution in [0.4, 0.5) is 0 Å². The Morgan fingerprint density at radius 1 is 1.29 bits per heavy atom. The van der Waals surface area contributed by atoms with Crippen molar-refractivity contribution in [1.82, 2.24) is 4.90 Å². The summed E-state index contributed by atoms with van der Waals surface area (Å²) in [6.07, 6.45) is 7.96. The third-order valence-corrected chi connectivity index (χ3v) is 4.38. The molecule has 2 nitrogen and oxygen atoms in total. The molecule has 0 bridgehead atoms. The van der Waals surface area contributed by atoms with E-state index in [1.54, 1.807) is 0 Å². The number of likely N-dealkylation sites (tertiary alicyclic amines) is 1. The molecule has 2 rings (SSSR count). The van der Waals surface area contributed by atoms with Crippen molar-refractivity contribution < 1.29 is 4.74 Å². The maximum atomic E-state index is 5.68. The predicted octanol–water partition coefficient (Wildman–Crippen LogP) is 2.43.